The number of fused-ring (bicyclic) bond motifs is 6. The van der Waals surface area contributed by atoms with Gasteiger partial charge in [-0.1, -0.05) is 31.2 Å². The molecular formula is C23H24N4O2S. The van der Waals surface area contributed by atoms with Crippen LogP contribution in [0.4, 0.5) is 5.82 Å². The maximum Gasteiger partial charge on any atom is 0.283 e. The van der Waals surface area contributed by atoms with Gasteiger partial charge in [0.2, 0.25) is 0 Å². The third kappa shape index (κ3) is 2.83. The molecule has 1 aromatic carbocycles. The molecule has 1 fully saturated rings. The van der Waals surface area contributed by atoms with Crippen LogP contribution in [0.3, 0.4) is 0 Å². The molecular weight excluding hydrogens is 396 g/mol. The molecule has 0 unspecified atom stereocenters. The van der Waals surface area contributed by atoms with Crippen molar-refractivity contribution in [3.05, 3.63) is 45.1 Å². The molecule has 0 saturated carbocycles. The number of benzene rings is 1. The Balaban J connectivity index is 1.57. The van der Waals surface area contributed by atoms with Gasteiger partial charge in [-0.05, 0) is 43.6 Å². The molecule has 154 valence electrons. The zero-order chi connectivity index (χ0) is 20.2. The molecule has 1 saturated heterocycles. The Morgan fingerprint density at radius 3 is 2.97 bits per heavy atom. The lowest BCUT2D eigenvalue weighted by Gasteiger charge is -2.17. The molecule has 2 atom stereocenters. The molecule has 1 aliphatic heterocycles. The summed E-state index contributed by atoms with van der Waals surface area (Å²) in [5.41, 5.74) is 1.79. The number of hydrogen-bond donors (Lipinski definition) is 1. The summed E-state index contributed by atoms with van der Waals surface area (Å²) >= 11 is 1.69. The van der Waals surface area contributed by atoms with Crippen molar-refractivity contribution in [3.8, 4) is 0 Å². The molecule has 0 bridgehead atoms. The molecule has 2 aliphatic rings. The minimum atomic E-state index is -0.0482. The number of aromatic nitrogens is 3. The number of hydrogen-bond acceptors (Lipinski definition) is 6. The molecule has 4 heterocycles. The van der Waals surface area contributed by atoms with Crippen molar-refractivity contribution in [2.75, 3.05) is 18.5 Å². The second kappa shape index (κ2) is 7.03. The Morgan fingerprint density at radius 2 is 2.13 bits per heavy atom. The van der Waals surface area contributed by atoms with Gasteiger partial charge in [0.05, 0.1) is 11.5 Å². The van der Waals surface area contributed by atoms with Crippen molar-refractivity contribution in [2.24, 2.45) is 5.92 Å². The highest BCUT2D eigenvalue weighted by atomic mass is 32.1. The molecule has 0 amide bonds. The third-order valence-electron chi connectivity index (χ3n) is 6.45. The number of anilines is 1. The highest BCUT2D eigenvalue weighted by Gasteiger charge is 2.25. The molecule has 1 aliphatic carbocycles. The van der Waals surface area contributed by atoms with E-state index in [1.807, 2.05) is 24.3 Å². The van der Waals surface area contributed by atoms with Gasteiger partial charge in [0, 0.05) is 28.8 Å². The Bertz CT molecular complexity index is 1340. The van der Waals surface area contributed by atoms with E-state index in [0.717, 1.165) is 65.5 Å². The van der Waals surface area contributed by atoms with Gasteiger partial charge >= 0.3 is 0 Å². The molecule has 3 aromatic heterocycles. The first-order chi connectivity index (χ1) is 14.7. The van der Waals surface area contributed by atoms with Crippen LogP contribution in [0, 0.1) is 5.92 Å². The van der Waals surface area contributed by atoms with Crippen molar-refractivity contribution in [1.29, 1.82) is 0 Å². The van der Waals surface area contributed by atoms with Crippen molar-refractivity contribution in [1.82, 2.24) is 14.6 Å². The van der Waals surface area contributed by atoms with Crippen LogP contribution in [0.25, 0.3) is 26.6 Å². The SMILES string of the molecule is C[C@@H]1CCc2c(sc3nc4c5ccccc5c(NC[C@@H]5CCCO5)nn4c(=O)c23)C1. The van der Waals surface area contributed by atoms with E-state index in [2.05, 4.69) is 12.2 Å². The van der Waals surface area contributed by atoms with Crippen LogP contribution in [0.5, 0.6) is 0 Å². The van der Waals surface area contributed by atoms with Gasteiger partial charge in [-0.2, -0.15) is 4.52 Å². The van der Waals surface area contributed by atoms with E-state index in [1.165, 1.54) is 15.0 Å². The van der Waals surface area contributed by atoms with Crippen molar-refractivity contribution in [2.45, 2.75) is 45.1 Å². The second-order valence-corrected chi connectivity index (χ2v) is 9.68. The lowest BCUT2D eigenvalue weighted by Crippen LogP contribution is -2.23. The summed E-state index contributed by atoms with van der Waals surface area (Å²) in [7, 11) is 0. The second-order valence-electron chi connectivity index (χ2n) is 8.59. The predicted octanol–water partition coefficient (Wildman–Crippen LogP) is 4.17. The molecule has 1 N–H and O–H groups in total. The Labute approximate surface area is 177 Å². The van der Waals surface area contributed by atoms with Gasteiger partial charge in [-0.3, -0.25) is 4.79 Å². The van der Waals surface area contributed by atoms with Crippen LogP contribution < -0.4 is 10.9 Å². The largest absolute Gasteiger partial charge is 0.376 e. The number of ether oxygens (including phenoxy) is 1. The van der Waals surface area contributed by atoms with Crippen molar-refractivity contribution < 1.29 is 4.74 Å². The lowest BCUT2D eigenvalue weighted by atomic mass is 9.89. The average Bonchev–Trinajstić information content (AvgIpc) is 3.39. The van der Waals surface area contributed by atoms with E-state index in [0.29, 0.717) is 18.1 Å². The fourth-order valence-corrected chi connectivity index (χ4v) is 6.21. The van der Waals surface area contributed by atoms with Gasteiger partial charge in [0.15, 0.2) is 11.5 Å². The molecule has 7 heteroatoms. The molecule has 6 nitrogen and oxygen atoms in total. The lowest BCUT2D eigenvalue weighted by molar-refractivity contribution is 0.120. The van der Waals surface area contributed by atoms with Crippen LogP contribution in [0.2, 0.25) is 0 Å². The van der Waals surface area contributed by atoms with Gasteiger partial charge < -0.3 is 10.1 Å². The topological polar surface area (TPSA) is 68.5 Å². The van der Waals surface area contributed by atoms with Crippen LogP contribution in [-0.2, 0) is 17.6 Å². The smallest absolute Gasteiger partial charge is 0.283 e. The molecule has 6 rings (SSSR count). The van der Waals surface area contributed by atoms with E-state index in [9.17, 15) is 4.79 Å². The zero-order valence-electron chi connectivity index (χ0n) is 17.0. The van der Waals surface area contributed by atoms with Crippen LogP contribution in [-0.4, -0.2) is 33.9 Å². The van der Waals surface area contributed by atoms with Crippen LogP contribution >= 0.6 is 11.3 Å². The quantitative estimate of drug-likeness (QED) is 0.504. The fourth-order valence-electron chi connectivity index (χ4n) is 4.83. The Kier molecular flexibility index (Phi) is 4.28. The standard InChI is InChI=1S/C23H24N4O2S/c1-13-8-9-17-18(11-13)30-22-19(17)23(28)27-21(25-22)16-7-3-2-6-15(16)20(26-27)24-12-14-5-4-10-29-14/h2-3,6-7,13-14H,4-5,8-12H2,1H3,(H,24,26)/t13-,14+/m1/s1. The van der Waals surface area contributed by atoms with Gasteiger partial charge in [0.25, 0.3) is 5.56 Å². The van der Waals surface area contributed by atoms with Crippen molar-refractivity contribution >= 4 is 43.8 Å². The van der Waals surface area contributed by atoms with E-state index in [4.69, 9.17) is 14.8 Å². The zero-order valence-corrected chi connectivity index (χ0v) is 17.8. The Morgan fingerprint density at radius 1 is 1.27 bits per heavy atom. The van der Waals surface area contributed by atoms with Gasteiger partial charge in [-0.25, -0.2) is 4.98 Å². The molecule has 0 radical (unpaired) electrons. The van der Waals surface area contributed by atoms with Gasteiger partial charge in [0.1, 0.15) is 4.83 Å². The minimum absolute atomic E-state index is 0.0482. The summed E-state index contributed by atoms with van der Waals surface area (Å²) in [4.78, 5) is 20.7. The minimum Gasteiger partial charge on any atom is -0.376 e. The Hall–Kier alpha value is -2.51. The fraction of sp³-hybridized carbons (Fsp3) is 0.435. The maximum atomic E-state index is 13.6. The monoisotopic (exact) mass is 420 g/mol. The average molecular weight is 421 g/mol. The third-order valence-corrected chi connectivity index (χ3v) is 7.60. The van der Waals surface area contributed by atoms with E-state index >= 15 is 0 Å². The van der Waals surface area contributed by atoms with E-state index in [1.54, 1.807) is 11.3 Å². The number of nitrogens with zero attached hydrogens (tertiary/aromatic N) is 3. The van der Waals surface area contributed by atoms with Crippen LogP contribution in [0.15, 0.2) is 29.1 Å². The van der Waals surface area contributed by atoms with Crippen molar-refractivity contribution in [3.63, 3.8) is 0 Å². The normalized spacial score (nSPS) is 21.5. The summed E-state index contributed by atoms with van der Waals surface area (Å²) in [6.45, 7) is 3.80. The summed E-state index contributed by atoms with van der Waals surface area (Å²) in [6.07, 6.45) is 5.47. The predicted molar refractivity (Wildman–Crippen MR) is 121 cm³/mol. The highest BCUT2D eigenvalue weighted by Crippen LogP contribution is 2.36. The number of thiophene rings is 1. The summed E-state index contributed by atoms with van der Waals surface area (Å²) in [5.74, 6) is 1.38. The molecule has 0 spiro atoms. The first-order valence-electron chi connectivity index (χ1n) is 10.8. The number of rotatable bonds is 3. The summed E-state index contributed by atoms with van der Waals surface area (Å²) < 4.78 is 7.25. The number of nitrogens with one attached hydrogen (secondary N) is 1. The van der Waals surface area contributed by atoms with E-state index < -0.39 is 0 Å². The number of aryl methyl sites for hydroxylation is 1. The first-order valence-corrected chi connectivity index (χ1v) is 11.6. The maximum absolute atomic E-state index is 13.6. The summed E-state index contributed by atoms with van der Waals surface area (Å²) in [5, 5.41) is 10.9. The van der Waals surface area contributed by atoms with Crippen LogP contribution in [0.1, 0.15) is 36.6 Å². The molecule has 30 heavy (non-hydrogen) atoms. The molecule has 4 aromatic rings. The highest BCUT2D eigenvalue weighted by molar-refractivity contribution is 7.18. The van der Waals surface area contributed by atoms with E-state index in [-0.39, 0.29) is 11.7 Å². The first kappa shape index (κ1) is 18.3. The van der Waals surface area contributed by atoms with Gasteiger partial charge in [-0.15, -0.1) is 16.4 Å². The summed E-state index contributed by atoms with van der Waals surface area (Å²) in [6, 6.07) is 8.05.